The summed E-state index contributed by atoms with van der Waals surface area (Å²) in [6, 6.07) is 0.849. The van der Waals surface area contributed by atoms with Crippen LogP contribution in [0.1, 0.15) is 0 Å². The van der Waals surface area contributed by atoms with Gasteiger partial charge in [-0.05, 0) is 6.07 Å². The van der Waals surface area contributed by atoms with Crippen LogP contribution in [0.2, 0.25) is 0 Å². The number of rotatable bonds is 6. The van der Waals surface area contributed by atoms with Gasteiger partial charge >= 0.3 is 6.03 Å². The molecular formula is C9H15N5O3S. The minimum atomic E-state index is -3.67. The third kappa shape index (κ3) is 3.86. The largest absolute Gasteiger partial charge is 0.387 e. The first kappa shape index (κ1) is 14.2. The molecule has 100 valence electrons. The van der Waals surface area contributed by atoms with Crippen molar-refractivity contribution in [2.75, 3.05) is 25.5 Å². The maximum atomic E-state index is 11.9. The van der Waals surface area contributed by atoms with E-state index in [1.807, 2.05) is 0 Å². The number of nitrogens with zero attached hydrogens (tertiary/aromatic N) is 1. The number of hydrogen-bond acceptors (Lipinski definition) is 5. The molecule has 1 aromatic rings. The van der Waals surface area contributed by atoms with E-state index in [0.717, 1.165) is 0 Å². The Bertz CT molecular complexity index is 517. The fraction of sp³-hybridized carbons (Fsp3) is 0.333. The first-order valence-electron chi connectivity index (χ1n) is 5.12. The van der Waals surface area contributed by atoms with Gasteiger partial charge in [0, 0.05) is 32.5 Å². The van der Waals surface area contributed by atoms with Gasteiger partial charge in [-0.1, -0.05) is 0 Å². The Labute approximate surface area is 105 Å². The number of hydrogen-bond donors (Lipinski definition) is 4. The Morgan fingerprint density at radius 1 is 1.44 bits per heavy atom. The van der Waals surface area contributed by atoms with Gasteiger partial charge in [0.05, 0.1) is 5.69 Å². The molecule has 0 spiro atoms. The Morgan fingerprint density at radius 3 is 2.78 bits per heavy atom. The van der Waals surface area contributed by atoms with Crippen LogP contribution in [0.3, 0.4) is 0 Å². The molecule has 0 aromatic carbocycles. The molecule has 0 bridgehead atoms. The highest BCUT2D eigenvalue weighted by Crippen LogP contribution is 2.17. The SMILES string of the molecule is CNc1ccncc1S(=O)(=O)NCCNC(N)=O. The van der Waals surface area contributed by atoms with E-state index < -0.39 is 16.1 Å². The van der Waals surface area contributed by atoms with Crippen LogP contribution >= 0.6 is 0 Å². The van der Waals surface area contributed by atoms with Crippen molar-refractivity contribution in [1.29, 1.82) is 0 Å². The highest BCUT2D eigenvalue weighted by Gasteiger charge is 2.17. The molecule has 0 aliphatic heterocycles. The number of nitrogens with one attached hydrogen (secondary N) is 3. The molecule has 1 rings (SSSR count). The number of carbonyl (C=O) groups excluding carboxylic acids is 1. The molecule has 1 heterocycles. The Balaban J connectivity index is 2.71. The van der Waals surface area contributed by atoms with Crippen molar-refractivity contribution >= 4 is 21.7 Å². The molecular weight excluding hydrogens is 258 g/mol. The second-order valence-corrected chi connectivity index (χ2v) is 5.05. The highest BCUT2D eigenvalue weighted by atomic mass is 32.2. The maximum Gasteiger partial charge on any atom is 0.312 e. The average molecular weight is 273 g/mol. The van der Waals surface area contributed by atoms with Gasteiger partial charge in [0.2, 0.25) is 10.0 Å². The van der Waals surface area contributed by atoms with Crippen molar-refractivity contribution in [3.63, 3.8) is 0 Å². The second kappa shape index (κ2) is 6.17. The predicted molar refractivity (Wildman–Crippen MR) is 66.6 cm³/mol. The van der Waals surface area contributed by atoms with Crippen molar-refractivity contribution in [1.82, 2.24) is 15.0 Å². The zero-order chi connectivity index (χ0) is 13.6. The van der Waals surface area contributed by atoms with E-state index in [1.54, 1.807) is 13.1 Å². The molecule has 0 saturated heterocycles. The van der Waals surface area contributed by atoms with Gasteiger partial charge in [-0.3, -0.25) is 4.98 Å². The fourth-order valence-electron chi connectivity index (χ4n) is 1.25. The molecule has 0 radical (unpaired) electrons. The van der Waals surface area contributed by atoms with Gasteiger partial charge in [0.1, 0.15) is 4.90 Å². The third-order valence-electron chi connectivity index (χ3n) is 2.06. The van der Waals surface area contributed by atoms with Crippen LogP contribution in [-0.4, -0.2) is 39.6 Å². The summed E-state index contributed by atoms with van der Waals surface area (Å²) in [5.41, 5.74) is 5.30. The lowest BCUT2D eigenvalue weighted by molar-refractivity contribution is 0.249. The fourth-order valence-corrected chi connectivity index (χ4v) is 2.44. The molecule has 1 aromatic heterocycles. The van der Waals surface area contributed by atoms with E-state index in [1.165, 1.54) is 12.4 Å². The molecule has 8 nitrogen and oxygen atoms in total. The number of nitrogens with two attached hydrogens (primary N) is 1. The normalized spacial score (nSPS) is 10.9. The van der Waals surface area contributed by atoms with Gasteiger partial charge in [0.15, 0.2) is 0 Å². The van der Waals surface area contributed by atoms with Crippen LogP contribution in [0, 0.1) is 0 Å². The summed E-state index contributed by atoms with van der Waals surface area (Å²) in [4.78, 5) is 14.2. The standard InChI is InChI=1S/C9H15N5O3S/c1-11-7-2-3-12-6-8(7)18(16,17)14-5-4-13-9(10)15/h2-3,6,14H,4-5H2,1H3,(H,11,12)(H3,10,13,15). The Kier molecular flexibility index (Phi) is 4.86. The number of aromatic nitrogens is 1. The third-order valence-corrected chi connectivity index (χ3v) is 3.55. The predicted octanol–water partition coefficient (Wildman–Crippen LogP) is -0.930. The quantitative estimate of drug-likeness (QED) is 0.498. The molecule has 5 N–H and O–H groups in total. The molecule has 18 heavy (non-hydrogen) atoms. The van der Waals surface area contributed by atoms with E-state index in [4.69, 9.17) is 5.73 Å². The number of anilines is 1. The van der Waals surface area contributed by atoms with Crippen LogP contribution < -0.4 is 21.1 Å². The summed E-state index contributed by atoms with van der Waals surface area (Å²) >= 11 is 0. The van der Waals surface area contributed by atoms with E-state index in [-0.39, 0.29) is 18.0 Å². The lowest BCUT2D eigenvalue weighted by Gasteiger charge is -2.10. The van der Waals surface area contributed by atoms with Crippen molar-refractivity contribution in [2.24, 2.45) is 5.73 Å². The summed E-state index contributed by atoms with van der Waals surface area (Å²) in [5.74, 6) is 0. The van der Waals surface area contributed by atoms with Crippen LogP contribution in [0.4, 0.5) is 10.5 Å². The van der Waals surface area contributed by atoms with E-state index >= 15 is 0 Å². The van der Waals surface area contributed by atoms with Gasteiger partial charge in [-0.15, -0.1) is 0 Å². The summed E-state index contributed by atoms with van der Waals surface area (Å²) in [5, 5.41) is 5.04. The topological polar surface area (TPSA) is 126 Å². The number of amides is 2. The molecule has 9 heteroatoms. The number of urea groups is 1. The Hall–Kier alpha value is -1.87. The summed E-state index contributed by atoms with van der Waals surface area (Å²) in [7, 11) is -2.05. The summed E-state index contributed by atoms with van der Waals surface area (Å²) < 4.78 is 26.2. The van der Waals surface area contributed by atoms with Gasteiger partial charge < -0.3 is 16.4 Å². The number of sulfonamides is 1. The van der Waals surface area contributed by atoms with Crippen molar-refractivity contribution in [2.45, 2.75) is 4.90 Å². The van der Waals surface area contributed by atoms with E-state index in [2.05, 4.69) is 20.3 Å². The highest BCUT2D eigenvalue weighted by molar-refractivity contribution is 7.89. The van der Waals surface area contributed by atoms with Crippen molar-refractivity contribution in [3.8, 4) is 0 Å². The van der Waals surface area contributed by atoms with Crippen LogP contribution in [-0.2, 0) is 10.0 Å². The van der Waals surface area contributed by atoms with Crippen LogP contribution in [0.25, 0.3) is 0 Å². The summed E-state index contributed by atoms with van der Waals surface area (Å²) in [6.45, 7) is 0.160. The lowest BCUT2D eigenvalue weighted by atomic mass is 10.4. The Morgan fingerprint density at radius 2 is 2.17 bits per heavy atom. The smallest absolute Gasteiger partial charge is 0.312 e. The minimum Gasteiger partial charge on any atom is -0.387 e. The van der Waals surface area contributed by atoms with Gasteiger partial charge in [-0.2, -0.15) is 0 Å². The number of carbonyl (C=O) groups is 1. The minimum absolute atomic E-state index is 0.0450. The van der Waals surface area contributed by atoms with Crippen molar-refractivity contribution < 1.29 is 13.2 Å². The van der Waals surface area contributed by atoms with Crippen molar-refractivity contribution in [3.05, 3.63) is 18.5 Å². The number of pyridine rings is 1. The number of primary amides is 1. The molecule has 0 aliphatic carbocycles. The monoisotopic (exact) mass is 273 g/mol. The average Bonchev–Trinajstić information content (AvgIpc) is 2.34. The maximum absolute atomic E-state index is 11.9. The van der Waals surface area contributed by atoms with E-state index in [9.17, 15) is 13.2 Å². The van der Waals surface area contributed by atoms with Crippen LogP contribution in [0.5, 0.6) is 0 Å². The molecule has 2 amide bonds. The molecule has 0 fully saturated rings. The first-order valence-corrected chi connectivity index (χ1v) is 6.60. The van der Waals surface area contributed by atoms with Gasteiger partial charge in [-0.25, -0.2) is 17.9 Å². The molecule has 0 unspecified atom stereocenters. The first-order chi connectivity index (χ1) is 8.47. The molecule has 0 aliphatic rings. The lowest BCUT2D eigenvalue weighted by Crippen LogP contribution is -2.37. The van der Waals surface area contributed by atoms with Gasteiger partial charge in [0.25, 0.3) is 0 Å². The zero-order valence-corrected chi connectivity index (χ0v) is 10.6. The van der Waals surface area contributed by atoms with E-state index in [0.29, 0.717) is 5.69 Å². The summed E-state index contributed by atoms with van der Waals surface area (Å²) in [6.07, 6.45) is 2.73. The second-order valence-electron chi connectivity index (χ2n) is 3.31. The zero-order valence-electron chi connectivity index (χ0n) is 9.80. The molecule has 0 atom stereocenters. The molecule has 0 saturated carbocycles. The van der Waals surface area contributed by atoms with Crippen LogP contribution in [0.15, 0.2) is 23.4 Å².